The number of hydrogen-bond donors (Lipinski definition) is 2. The topological polar surface area (TPSA) is 73.9 Å². The van der Waals surface area contributed by atoms with Gasteiger partial charge in [-0.25, -0.2) is 9.97 Å². The monoisotopic (exact) mass is 431 g/mol. The number of benzene rings is 1. The highest BCUT2D eigenvalue weighted by Crippen LogP contribution is 2.46. The fourth-order valence-electron chi connectivity index (χ4n) is 5.83. The Labute approximate surface area is 189 Å². The van der Waals surface area contributed by atoms with Crippen LogP contribution in [0.25, 0.3) is 10.9 Å². The number of rotatable bonds is 2. The van der Waals surface area contributed by atoms with Crippen LogP contribution in [0.5, 0.6) is 0 Å². The van der Waals surface area contributed by atoms with E-state index < -0.39 is 0 Å². The van der Waals surface area contributed by atoms with Crippen LogP contribution in [0.2, 0.25) is 0 Å². The van der Waals surface area contributed by atoms with Crippen LogP contribution in [0.15, 0.2) is 24.4 Å². The first kappa shape index (κ1) is 21.1. The molecule has 32 heavy (non-hydrogen) atoms. The van der Waals surface area contributed by atoms with Gasteiger partial charge in [-0.2, -0.15) is 0 Å². The average Bonchev–Trinajstić information content (AvgIpc) is 3.11. The maximum Gasteiger partial charge on any atom is 0.229 e. The largest absolute Gasteiger partial charge is 0.361 e. The van der Waals surface area contributed by atoms with E-state index in [9.17, 15) is 4.79 Å². The van der Waals surface area contributed by atoms with Gasteiger partial charge in [-0.05, 0) is 55.8 Å². The molecule has 1 aliphatic heterocycles. The molecule has 2 N–H and O–H groups in total. The fourth-order valence-corrected chi connectivity index (χ4v) is 5.83. The van der Waals surface area contributed by atoms with Crippen molar-refractivity contribution in [2.24, 2.45) is 5.92 Å². The quantitative estimate of drug-likeness (QED) is 0.628. The first-order valence-electron chi connectivity index (χ1n) is 11.6. The Kier molecular flexibility index (Phi) is 4.89. The van der Waals surface area contributed by atoms with Crippen molar-refractivity contribution < 1.29 is 4.79 Å². The molecule has 3 heterocycles. The summed E-state index contributed by atoms with van der Waals surface area (Å²) in [6, 6.07) is 6.87. The Bertz CT molecular complexity index is 1180. The summed E-state index contributed by atoms with van der Waals surface area (Å²) in [5.74, 6) is 1.59. The van der Waals surface area contributed by atoms with Gasteiger partial charge in [0, 0.05) is 47.4 Å². The minimum Gasteiger partial charge on any atom is -0.361 e. The lowest BCUT2D eigenvalue weighted by atomic mass is 9.71. The van der Waals surface area contributed by atoms with Crippen LogP contribution in [-0.4, -0.2) is 45.4 Å². The number of aromatic amines is 1. The normalized spacial score (nSPS) is 23.2. The molecule has 5 rings (SSSR count). The number of carbonyl (C=O) groups excluding carboxylic acids is 1. The predicted molar refractivity (Wildman–Crippen MR) is 128 cm³/mol. The van der Waals surface area contributed by atoms with Gasteiger partial charge in [0.1, 0.15) is 11.6 Å². The summed E-state index contributed by atoms with van der Waals surface area (Å²) < 4.78 is 0. The Morgan fingerprint density at radius 2 is 2.00 bits per heavy atom. The molecular formula is C26H33N5O. The first-order chi connectivity index (χ1) is 15.1. The van der Waals surface area contributed by atoms with Crippen molar-refractivity contribution in [1.82, 2.24) is 19.9 Å². The number of hydrogen-bond acceptors (Lipinski definition) is 4. The van der Waals surface area contributed by atoms with Crippen LogP contribution in [0.1, 0.15) is 61.3 Å². The molecule has 6 nitrogen and oxygen atoms in total. The van der Waals surface area contributed by atoms with E-state index in [-0.39, 0.29) is 17.2 Å². The standard InChI is InChI=1S/C26H33N5O/c1-14-9-22(29-15(2)28-14)30-25(32)17-10-19-18-7-8-20(26(3,4)5)24-23(18)16(12-27-24)11-21(19)31(6)13-17/h7-9,12,17,19,21,27H,10-11,13H2,1-6H3,(H,28,29,30,32)/t17-,19-,21-/m1/s1. The van der Waals surface area contributed by atoms with Crippen LogP contribution in [0.4, 0.5) is 5.82 Å². The second-order valence-corrected chi connectivity index (χ2v) is 10.7. The minimum atomic E-state index is -0.0744. The number of nitrogens with one attached hydrogen (secondary N) is 2. The van der Waals surface area contributed by atoms with E-state index in [2.05, 4.69) is 71.3 Å². The number of fused-ring (bicyclic) bond motifs is 2. The molecule has 168 valence electrons. The van der Waals surface area contributed by atoms with E-state index in [0.717, 1.165) is 25.1 Å². The number of carbonyl (C=O) groups is 1. The summed E-state index contributed by atoms with van der Waals surface area (Å²) in [6.45, 7) is 11.3. The maximum atomic E-state index is 13.2. The van der Waals surface area contributed by atoms with E-state index in [1.54, 1.807) is 0 Å². The van der Waals surface area contributed by atoms with Crippen LogP contribution in [0.3, 0.4) is 0 Å². The molecule has 2 aliphatic rings. The molecule has 3 aromatic rings. The summed E-state index contributed by atoms with van der Waals surface area (Å²) in [5, 5.41) is 4.44. The first-order valence-corrected chi connectivity index (χ1v) is 11.6. The summed E-state index contributed by atoms with van der Waals surface area (Å²) in [4.78, 5) is 27.9. The average molecular weight is 432 g/mol. The molecule has 0 bridgehead atoms. The zero-order valence-corrected chi connectivity index (χ0v) is 19.9. The van der Waals surface area contributed by atoms with Gasteiger partial charge < -0.3 is 15.2 Å². The van der Waals surface area contributed by atoms with Gasteiger partial charge in [-0.3, -0.25) is 4.79 Å². The molecule has 0 saturated carbocycles. The van der Waals surface area contributed by atoms with Gasteiger partial charge in [-0.1, -0.05) is 32.9 Å². The third kappa shape index (κ3) is 3.51. The molecule has 1 aromatic carbocycles. The highest BCUT2D eigenvalue weighted by atomic mass is 16.2. The lowest BCUT2D eigenvalue weighted by Crippen LogP contribution is -2.50. The van der Waals surface area contributed by atoms with Crippen LogP contribution in [-0.2, 0) is 16.6 Å². The fraction of sp³-hybridized carbons (Fsp3) is 0.500. The summed E-state index contributed by atoms with van der Waals surface area (Å²) in [7, 11) is 2.16. The van der Waals surface area contributed by atoms with Gasteiger partial charge in [0.05, 0.1) is 5.92 Å². The van der Waals surface area contributed by atoms with Gasteiger partial charge in [0.2, 0.25) is 5.91 Å². The third-order valence-electron chi connectivity index (χ3n) is 7.25. The molecular weight excluding hydrogens is 398 g/mol. The van der Waals surface area contributed by atoms with Crippen molar-refractivity contribution in [1.29, 1.82) is 0 Å². The van der Waals surface area contributed by atoms with Crippen molar-refractivity contribution in [2.45, 2.75) is 64.8 Å². The Balaban J connectivity index is 1.46. The number of likely N-dealkylation sites (tertiary alicyclic amines) is 1. The van der Waals surface area contributed by atoms with E-state index in [1.165, 1.54) is 27.6 Å². The van der Waals surface area contributed by atoms with Crippen LogP contribution >= 0.6 is 0 Å². The number of piperidine rings is 1. The lowest BCUT2D eigenvalue weighted by Gasteiger charge is -2.45. The zero-order chi connectivity index (χ0) is 22.8. The van der Waals surface area contributed by atoms with Crippen LogP contribution < -0.4 is 5.32 Å². The number of H-pyrrole nitrogens is 1. The summed E-state index contributed by atoms with van der Waals surface area (Å²) in [5.41, 5.74) is 6.36. The van der Waals surface area contributed by atoms with Gasteiger partial charge in [-0.15, -0.1) is 0 Å². The number of aryl methyl sites for hydroxylation is 2. The van der Waals surface area contributed by atoms with Crippen molar-refractivity contribution in [3.8, 4) is 0 Å². The van der Waals surface area contributed by atoms with Crippen molar-refractivity contribution >= 4 is 22.6 Å². The smallest absolute Gasteiger partial charge is 0.229 e. The highest BCUT2D eigenvalue weighted by Gasteiger charge is 2.42. The van der Waals surface area contributed by atoms with Crippen molar-refractivity contribution in [2.75, 3.05) is 18.9 Å². The Hall–Kier alpha value is -2.73. The molecule has 1 aliphatic carbocycles. The zero-order valence-electron chi connectivity index (χ0n) is 19.9. The van der Waals surface area contributed by atoms with Gasteiger partial charge >= 0.3 is 0 Å². The lowest BCUT2D eigenvalue weighted by molar-refractivity contribution is -0.122. The maximum absolute atomic E-state index is 13.2. The number of anilines is 1. The Morgan fingerprint density at radius 3 is 2.72 bits per heavy atom. The number of amides is 1. The molecule has 0 unspecified atom stereocenters. The minimum absolute atomic E-state index is 0.0511. The molecule has 6 heteroatoms. The number of nitrogens with zero attached hydrogens (tertiary/aromatic N) is 3. The van der Waals surface area contributed by atoms with E-state index in [0.29, 0.717) is 23.6 Å². The van der Waals surface area contributed by atoms with E-state index in [4.69, 9.17) is 0 Å². The molecule has 3 atom stereocenters. The highest BCUT2D eigenvalue weighted by molar-refractivity contribution is 5.93. The van der Waals surface area contributed by atoms with Crippen molar-refractivity contribution in [3.05, 3.63) is 52.6 Å². The number of likely N-dealkylation sites (N-methyl/N-ethyl adjacent to an activating group) is 1. The van der Waals surface area contributed by atoms with Gasteiger partial charge in [0.15, 0.2) is 0 Å². The summed E-state index contributed by atoms with van der Waals surface area (Å²) in [6.07, 6.45) is 4.09. The molecule has 1 fully saturated rings. The summed E-state index contributed by atoms with van der Waals surface area (Å²) >= 11 is 0. The van der Waals surface area contributed by atoms with Crippen LogP contribution in [0, 0.1) is 19.8 Å². The molecule has 2 aromatic heterocycles. The van der Waals surface area contributed by atoms with E-state index >= 15 is 0 Å². The van der Waals surface area contributed by atoms with E-state index in [1.807, 2.05) is 19.9 Å². The molecule has 0 spiro atoms. The molecule has 1 amide bonds. The predicted octanol–water partition coefficient (Wildman–Crippen LogP) is 4.47. The number of aromatic nitrogens is 3. The molecule has 0 radical (unpaired) electrons. The second-order valence-electron chi connectivity index (χ2n) is 10.7. The second kappa shape index (κ2) is 7.41. The van der Waals surface area contributed by atoms with Gasteiger partial charge in [0.25, 0.3) is 0 Å². The molecule has 1 saturated heterocycles. The third-order valence-corrected chi connectivity index (χ3v) is 7.25. The van der Waals surface area contributed by atoms with Crippen molar-refractivity contribution in [3.63, 3.8) is 0 Å². The SMILES string of the molecule is Cc1cc(NC(=O)[C@@H]2C[C@@H]3c4ccc(C(C)(C)C)c5[nH]cc(c45)C[C@H]3N(C)C2)nc(C)n1. The Morgan fingerprint density at radius 1 is 1.22 bits per heavy atom.